The van der Waals surface area contributed by atoms with Gasteiger partial charge in [0.2, 0.25) is 0 Å². The molecule has 0 spiro atoms. The Kier molecular flexibility index (Phi) is 6.13. The zero-order valence-electron chi connectivity index (χ0n) is 19.1. The number of nitrogens with two attached hydrogens (primary N) is 1. The number of imidazole rings is 1. The topological polar surface area (TPSA) is 107 Å². The second-order valence-corrected chi connectivity index (χ2v) is 8.86. The van der Waals surface area contributed by atoms with Crippen LogP contribution in [-0.4, -0.2) is 50.2 Å². The molecule has 5 atom stereocenters. The number of aromatic nitrogens is 4. The summed E-state index contributed by atoms with van der Waals surface area (Å²) in [5.41, 5.74) is 9.42. The van der Waals surface area contributed by atoms with Crippen LogP contribution in [0.2, 0.25) is 0 Å². The van der Waals surface area contributed by atoms with E-state index in [1.165, 1.54) is 6.33 Å². The van der Waals surface area contributed by atoms with E-state index in [4.69, 9.17) is 24.7 Å². The maximum absolute atomic E-state index is 6.47. The minimum atomic E-state index is -0.337. The fraction of sp³-hybridized carbons (Fsp3) is 0.346. The van der Waals surface area contributed by atoms with Gasteiger partial charge in [-0.2, -0.15) is 0 Å². The normalized spacial score (nSPS) is 25.8. The lowest BCUT2D eigenvalue weighted by Crippen LogP contribution is -2.37. The quantitative estimate of drug-likeness (QED) is 0.416. The fourth-order valence-corrected chi connectivity index (χ4v) is 4.79. The average Bonchev–Trinajstić information content (AvgIpc) is 3.57. The lowest BCUT2D eigenvalue weighted by molar-refractivity contribution is -0.171. The Morgan fingerprint density at radius 1 is 0.886 bits per heavy atom. The highest BCUT2D eigenvalue weighted by atomic mass is 16.7. The van der Waals surface area contributed by atoms with E-state index in [9.17, 15) is 0 Å². The van der Waals surface area contributed by atoms with Gasteiger partial charge in [0.1, 0.15) is 30.2 Å². The van der Waals surface area contributed by atoms with Gasteiger partial charge in [-0.1, -0.05) is 60.7 Å². The summed E-state index contributed by atoms with van der Waals surface area (Å²) in [4.78, 5) is 12.8. The second kappa shape index (κ2) is 9.71. The van der Waals surface area contributed by atoms with Crippen molar-refractivity contribution >= 4 is 17.0 Å². The van der Waals surface area contributed by atoms with Gasteiger partial charge in [0, 0.05) is 6.42 Å². The third kappa shape index (κ3) is 4.63. The summed E-state index contributed by atoms with van der Waals surface area (Å²) in [7, 11) is 0. The van der Waals surface area contributed by atoms with Crippen molar-refractivity contribution in [1.29, 1.82) is 0 Å². The molecule has 2 saturated heterocycles. The zero-order chi connectivity index (χ0) is 23.6. The van der Waals surface area contributed by atoms with E-state index in [1.807, 2.05) is 65.2 Å². The Labute approximate surface area is 202 Å². The van der Waals surface area contributed by atoms with Crippen LogP contribution in [0.1, 0.15) is 17.5 Å². The molecule has 4 heterocycles. The Bertz CT molecular complexity index is 1270. The zero-order valence-corrected chi connectivity index (χ0v) is 19.1. The van der Waals surface area contributed by atoms with Crippen molar-refractivity contribution in [2.75, 3.05) is 5.73 Å². The molecular weight excluding hydrogens is 446 g/mol. The molecule has 2 N–H and O–H groups in total. The van der Waals surface area contributed by atoms with E-state index < -0.39 is 0 Å². The summed E-state index contributed by atoms with van der Waals surface area (Å²) < 4.78 is 27.2. The summed E-state index contributed by atoms with van der Waals surface area (Å²) in [5, 5.41) is 0. The summed E-state index contributed by atoms with van der Waals surface area (Å²) in [5.74, 6) is 0.358. The van der Waals surface area contributed by atoms with Crippen LogP contribution in [0.15, 0.2) is 73.3 Å². The lowest BCUT2D eigenvalue weighted by atomic mass is 10.1. The fourth-order valence-electron chi connectivity index (χ4n) is 4.79. The van der Waals surface area contributed by atoms with Crippen LogP contribution < -0.4 is 5.73 Å². The average molecular weight is 474 g/mol. The first-order valence-electron chi connectivity index (χ1n) is 11.8. The maximum Gasteiger partial charge on any atom is 0.165 e. The Hall–Kier alpha value is -3.37. The van der Waals surface area contributed by atoms with Crippen molar-refractivity contribution in [1.82, 2.24) is 19.5 Å². The predicted octanol–water partition coefficient (Wildman–Crippen LogP) is 3.09. The number of nitrogen functional groups attached to an aromatic ring is 1. The van der Waals surface area contributed by atoms with Crippen molar-refractivity contribution in [3.05, 3.63) is 84.4 Å². The first-order chi connectivity index (χ1) is 17.2. The number of hydrogen-bond donors (Lipinski definition) is 1. The molecule has 4 aromatic rings. The molecule has 1 unspecified atom stereocenters. The van der Waals surface area contributed by atoms with Crippen LogP contribution in [0, 0.1) is 0 Å². The van der Waals surface area contributed by atoms with Crippen molar-refractivity contribution in [3.63, 3.8) is 0 Å². The largest absolute Gasteiger partial charge is 0.382 e. The van der Waals surface area contributed by atoms with Crippen LogP contribution in [0.25, 0.3) is 11.2 Å². The van der Waals surface area contributed by atoms with Crippen molar-refractivity contribution in [2.45, 2.75) is 56.9 Å². The maximum atomic E-state index is 6.47. The molecule has 180 valence electrons. The number of anilines is 1. The van der Waals surface area contributed by atoms with E-state index >= 15 is 0 Å². The van der Waals surface area contributed by atoms with Gasteiger partial charge in [-0.15, -0.1) is 0 Å². The molecule has 2 aliphatic rings. The van der Waals surface area contributed by atoms with Crippen molar-refractivity contribution < 1.29 is 18.9 Å². The monoisotopic (exact) mass is 473 g/mol. The molecule has 0 bridgehead atoms. The number of rotatable bonds is 8. The van der Waals surface area contributed by atoms with Gasteiger partial charge in [-0.25, -0.2) is 15.0 Å². The molecular formula is C26H27N5O4. The summed E-state index contributed by atoms with van der Waals surface area (Å²) in [6.45, 7) is 1.47. The Morgan fingerprint density at radius 3 is 2.34 bits per heavy atom. The summed E-state index contributed by atoms with van der Waals surface area (Å²) >= 11 is 0. The van der Waals surface area contributed by atoms with Crippen LogP contribution in [-0.2, 0) is 38.7 Å². The minimum Gasteiger partial charge on any atom is -0.382 e. The summed E-state index contributed by atoms with van der Waals surface area (Å²) in [6, 6.07) is 20.2. The molecule has 0 aliphatic carbocycles. The van der Waals surface area contributed by atoms with E-state index in [0.717, 1.165) is 11.1 Å². The van der Waals surface area contributed by atoms with E-state index in [2.05, 4.69) is 15.0 Å². The van der Waals surface area contributed by atoms with Crippen LogP contribution in [0.4, 0.5) is 5.82 Å². The molecule has 35 heavy (non-hydrogen) atoms. The number of hydrogen-bond acceptors (Lipinski definition) is 8. The van der Waals surface area contributed by atoms with Gasteiger partial charge in [0.15, 0.2) is 17.8 Å². The number of benzene rings is 2. The van der Waals surface area contributed by atoms with Gasteiger partial charge in [-0.3, -0.25) is 0 Å². The SMILES string of the molecule is Nc1ncnc2c1ncn2C[C@H]1O[C@@H]2CC(OCc3ccccc3)O[C@@H]2[C@@H]1OCc1ccccc1. The Balaban J connectivity index is 1.18. The van der Waals surface area contributed by atoms with Gasteiger partial charge in [0.05, 0.1) is 32.2 Å². The standard InChI is InChI=1S/C26H27N5O4/c27-25-22-26(29-15-28-25)31(16-30-22)12-20-23(33-14-18-9-5-2-6-10-18)24-19(34-20)11-21(35-24)32-13-17-7-3-1-4-8-17/h1-10,15-16,19-21,23-24H,11-14H2,(H2,27,28,29)/t19-,20-,21?,23-,24+/m1/s1. The third-order valence-corrected chi connectivity index (χ3v) is 6.51. The number of nitrogens with zero attached hydrogens (tertiary/aromatic N) is 4. The molecule has 0 amide bonds. The molecule has 2 fully saturated rings. The highest BCUT2D eigenvalue weighted by Gasteiger charge is 2.52. The third-order valence-electron chi connectivity index (χ3n) is 6.51. The van der Waals surface area contributed by atoms with Gasteiger partial charge in [0.25, 0.3) is 0 Å². The van der Waals surface area contributed by atoms with Crippen molar-refractivity contribution in [2.24, 2.45) is 0 Å². The first kappa shape index (κ1) is 22.1. The number of ether oxygens (including phenoxy) is 4. The predicted molar refractivity (Wildman–Crippen MR) is 128 cm³/mol. The molecule has 2 aromatic heterocycles. The lowest BCUT2D eigenvalue weighted by Gasteiger charge is -2.25. The molecule has 9 nitrogen and oxygen atoms in total. The Morgan fingerprint density at radius 2 is 1.60 bits per heavy atom. The van der Waals surface area contributed by atoms with Crippen LogP contribution in [0.3, 0.4) is 0 Å². The first-order valence-corrected chi connectivity index (χ1v) is 11.8. The highest BCUT2D eigenvalue weighted by molar-refractivity contribution is 5.81. The van der Waals surface area contributed by atoms with Crippen LogP contribution >= 0.6 is 0 Å². The van der Waals surface area contributed by atoms with E-state index in [-0.39, 0.29) is 30.7 Å². The van der Waals surface area contributed by atoms with Gasteiger partial charge < -0.3 is 29.2 Å². The molecule has 6 rings (SSSR count). The van der Waals surface area contributed by atoms with E-state index in [1.54, 1.807) is 6.33 Å². The molecule has 9 heteroatoms. The molecule has 0 saturated carbocycles. The summed E-state index contributed by atoms with van der Waals surface area (Å²) in [6.07, 6.45) is 2.62. The minimum absolute atomic E-state index is 0.115. The van der Waals surface area contributed by atoms with Gasteiger partial charge >= 0.3 is 0 Å². The smallest absolute Gasteiger partial charge is 0.165 e. The van der Waals surface area contributed by atoms with Crippen molar-refractivity contribution in [3.8, 4) is 0 Å². The van der Waals surface area contributed by atoms with Crippen LogP contribution in [0.5, 0.6) is 0 Å². The molecule has 2 aliphatic heterocycles. The second-order valence-electron chi connectivity index (χ2n) is 8.86. The molecule has 2 aromatic carbocycles. The van der Waals surface area contributed by atoms with E-state index in [0.29, 0.717) is 43.2 Å². The number of fused-ring (bicyclic) bond motifs is 2. The highest BCUT2D eigenvalue weighted by Crippen LogP contribution is 2.38. The molecule has 0 radical (unpaired) electrons. The van der Waals surface area contributed by atoms with Gasteiger partial charge in [-0.05, 0) is 11.1 Å².